The van der Waals surface area contributed by atoms with Gasteiger partial charge in [0.15, 0.2) is 5.69 Å². The molecule has 0 saturated carbocycles. The Bertz CT molecular complexity index is 664. The van der Waals surface area contributed by atoms with Crippen molar-refractivity contribution in [2.24, 2.45) is 0 Å². The summed E-state index contributed by atoms with van der Waals surface area (Å²) in [4.78, 5) is 11.8. The Morgan fingerprint density at radius 2 is 2.10 bits per heavy atom. The number of benzene rings is 1. The highest BCUT2D eigenvalue weighted by Crippen LogP contribution is 2.27. The summed E-state index contributed by atoms with van der Waals surface area (Å²) in [6.07, 6.45) is -3.43. The van der Waals surface area contributed by atoms with Gasteiger partial charge in [-0.3, -0.25) is 9.48 Å². The van der Waals surface area contributed by atoms with E-state index in [2.05, 4.69) is 10.4 Å². The number of anilines is 2. The maximum Gasteiger partial charge on any atom is 0.435 e. The smallest absolute Gasteiger partial charge is 0.397 e. The van der Waals surface area contributed by atoms with Crippen LogP contribution < -0.4 is 11.1 Å². The van der Waals surface area contributed by atoms with Gasteiger partial charge in [0.1, 0.15) is 6.54 Å². The second kappa shape index (κ2) is 5.47. The molecule has 1 amide bonds. The number of carbonyl (C=O) groups excluding carboxylic acids is 1. The van der Waals surface area contributed by atoms with Crippen LogP contribution in [0.4, 0.5) is 24.5 Å². The number of carbonyl (C=O) groups is 1. The highest BCUT2D eigenvalue weighted by molar-refractivity contribution is 5.93. The van der Waals surface area contributed by atoms with Gasteiger partial charge in [-0.05, 0) is 30.7 Å². The molecular weight excluding hydrogens is 285 g/mol. The Kier molecular flexibility index (Phi) is 3.88. The van der Waals surface area contributed by atoms with E-state index in [1.165, 1.54) is 0 Å². The molecule has 0 saturated heterocycles. The lowest BCUT2D eigenvalue weighted by atomic mass is 10.2. The molecule has 3 N–H and O–H groups in total. The van der Waals surface area contributed by atoms with E-state index >= 15 is 0 Å². The van der Waals surface area contributed by atoms with Crippen molar-refractivity contribution < 1.29 is 18.0 Å². The summed E-state index contributed by atoms with van der Waals surface area (Å²) in [5.74, 6) is -0.512. The largest absolute Gasteiger partial charge is 0.435 e. The first-order chi connectivity index (χ1) is 9.75. The number of aromatic nitrogens is 2. The number of hydrogen-bond donors (Lipinski definition) is 2. The van der Waals surface area contributed by atoms with Crippen molar-refractivity contribution in [3.8, 4) is 0 Å². The predicted octanol–water partition coefficient (Wildman–Crippen LogP) is 2.43. The lowest BCUT2D eigenvalue weighted by molar-refractivity contribution is -0.141. The zero-order chi connectivity index (χ0) is 15.6. The van der Waals surface area contributed by atoms with E-state index < -0.39 is 17.8 Å². The van der Waals surface area contributed by atoms with Gasteiger partial charge in [0.05, 0.1) is 11.4 Å². The minimum atomic E-state index is -4.52. The topological polar surface area (TPSA) is 72.9 Å². The van der Waals surface area contributed by atoms with Gasteiger partial charge in [-0.15, -0.1) is 0 Å². The molecule has 0 bridgehead atoms. The van der Waals surface area contributed by atoms with E-state index in [9.17, 15) is 18.0 Å². The van der Waals surface area contributed by atoms with Crippen molar-refractivity contribution in [3.63, 3.8) is 0 Å². The van der Waals surface area contributed by atoms with Crippen molar-refractivity contribution >= 4 is 17.3 Å². The molecular formula is C13H13F3N4O. The summed E-state index contributed by atoms with van der Waals surface area (Å²) in [6.45, 7) is 1.52. The number of alkyl halides is 3. The van der Waals surface area contributed by atoms with Crippen molar-refractivity contribution in [2.45, 2.75) is 19.6 Å². The van der Waals surface area contributed by atoms with Gasteiger partial charge >= 0.3 is 6.18 Å². The summed E-state index contributed by atoms with van der Waals surface area (Å²) in [6, 6.07) is 5.90. The number of nitrogens with one attached hydrogen (secondary N) is 1. The molecule has 1 aromatic heterocycles. The molecule has 1 heterocycles. The van der Waals surface area contributed by atoms with Crippen LogP contribution in [0.2, 0.25) is 0 Å². The lowest BCUT2D eigenvalue weighted by Crippen LogP contribution is -2.20. The molecule has 5 nitrogen and oxygen atoms in total. The van der Waals surface area contributed by atoms with Gasteiger partial charge in [-0.2, -0.15) is 18.3 Å². The number of nitrogen functional groups attached to an aromatic ring is 1. The van der Waals surface area contributed by atoms with Crippen molar-refractivity contribution in [2.75, 3.05) is 11.1 Å². The number of hydrogen-bond acceptors (Lipinski definition) is 3. The zero-order valence-electron chi connectivity index (χ0n) is 11.1. The van der Waals surface area contributed by atoms with E-state index in [0.29, 0.717) is 11.4 Å². The number of halogens is 3. The minimum absolute atomic E-state index is 0.330. The highest BCUT2D eigenvalue weighted by atomic mass is 19.4. The fourth-order valence-corrected chi connectivity index (χ4v) is 1.73. The third kappa shape index (κ3) is 3.74. The van der Waals surface area contributed by atoms with Crippen molar-refractivity contribution in [1.82, 2.24) is 9.78 Å². The van der Waals surface area contributed by atoms with Gasteiger partial charge in [0.2, 0.25) is 5.91 Å². The predicted molar refractivity (Wildman–Crippen MR) is 71.5 cm³/mol. The van der Waals surface area contributed by atoms with E-state index in [4.69, 9.17) is 5.73 Å². The second-order valence-electron chi connectivity index (χ2n) is 4.54. The molecule has 0 aliphatic heterocycles. The number of nitrogens with two attached hydrogens (primary N) is 1. The number of rotatable bonds is 3. The third-order valence-corrected chi connectivity index (χ3v) is 2.72. The molecule has 21 heavy (non-hydrogen) atoms. The molecule has 0 unspecified atom stereocenters. The highest BCUT2D eigenvalue weighted by Gasteiger charge is 2.33. The van der Waals surface area contributed by atoms with Crippen LogP contribution in [-0.4, -0.2) is 15.7 Å². The van der Waals surface area contributed by atoms with E-state index in [1.807, 2.05) is 6.92 Å². The molecule has 0 aliphatic rings. The molecule has 2 rings (SSSR count). The minimum Gasteiger partial charge on any atom is -0.397 e. The van der Waals surface area contributed by atoms with E-state index in [0.717, 1.165) is 22.5 Å². The number of nitrogens with zero attached hydrogens (tertiary/aromatic N) is 2. The van der Waals surface area contributed by atoms with E-state index in [1.54, 1.807) is 18.2 Å². The Balaban J connectivity index is 2.03. The van der Waals surface area contributed by atoms with Crippen LogP contribution in [0.25, 0.3) is 0 Å². The third-order valence-electron chi connectivity index (χ3n) is 2.72. The summed E-state index contributed by atoms with van der Waals surface area (Å²) in [7, 11) is 0. The van der Waals surface area contributed by atoms with Crippen LogP contribution in [0, 0.1) is 6.92 Å². The summed E-state index contributed by atoms with van der Waals surface area (Å²) < 4.78 is 38.1. The summed E-state index contributed by atoms with van der Waals surface area (Å²) in [5, 5.41) is 5.83. The molecule has 0 atom stereocenters. The molecule has 0 aliphatic carbocycles. The summed E-state index contributed by atoms with van der Waals surface area (Å²) in [5.41, 5.74) is 6.44. The normalized spacial score (nSPS) is 11.4. The maximum absolute atomic E-state index is 12.4. The molecule has 2 aromatic rings. The first kappa shape index (κ1) is 14.9. The molecule has 112 valence electrons. The standard InChI is InChI=1S/C13H13F3N4O/c1-8-2-3-10(9(17)6-8)18-12(21)7-20-5-4-11(19-20)13(14,15)16/h2-6H,7,17H2,1H3,(H,18,21). The molecule has 8 heteroatoms. The van der Waals surface area contributed by atoms with Gasteiger partial charge in [0.25, 0.3) is 0 Å². The SMILES string of the molecule is Cc1ccc(NC(=O)Cn2ccc(C(F)(F)F)n2)c(N)c1. The monoisotopic (exact) mass is 298 g/mol. The van der Waals surface area contributed by atoms with Crippen molar-refractivity contribution in [1.29, 1.82) is 0 Å². The Hall–Kier alpha value is -2.51. The molecule has 0 spiro atoms. The second-order valence-corrected chi connectivity index (χ2v) is 4.54. The Morgan fingerprint density at radius 3 is 2.67 bits per heavy atom. The maximum atomic E-state index is 12.4. The molecule has 0 fully saturated rings. The van der Waals surface area contributed by atoms with Crippen LogP contribution in [0.1, 0.15) is 11.3 Å². The quantitative estimate of drug-likeness (QED) is 0.855. The van der Waals surface area contributed by atoms with Crippen LogP contribution in [0.3, 0.4) is 0 Å². The molecule has 1 aromatic carbocycles. The van der Waals surface area contributed by atoms with Crippen LogP contribution in [-0.2, 0) is 17.5 Å². The number of aryl methyl sites for hydroxylation is 1. The van der Waals surface area contributed by atoms with Crippen LogP contribution in [0.15, 0.2) is 30.5 Å². The van der Waals surface area contributed by atoms with Gasteiger partial charge in [0, 0.05) is 6.20 Å². The average Bonchev–Trinajstić information content (AvgIpc) is 2.81. The van der Waals surface area contributed by atoms with Gasteiger partial charge < -0.3 is 11.1 Å². The molecule has 0 radical (unpaired) electrons. The van der Waals surface area contributed by atoms with Crippen molar-refractivity contribution in [3.05, 3.63) is 41.7 Å². The van der Waals surface area contributed by atoms with E-state index in [-0.39, 0.29) is 6.54 Å². The average molecular weight is 298 g/mol. The van der Waals surface area contributed by atoms with Crippen LogP contribution in [0.5, 0.6) is 0 Å². The van der Waals surface area contributed by atoms with Gasteiger partial charge in [-0.1, -0.05) is 6.07 Å². The summed E-state index contributed by atoms with van der Waals surface area (Å²) >= 11 is 0. The Labute approximate surface area is 118 Å². The Morgan fingerprint density at radius 1 is 1.38 bits per heavy atom. The fourth-order valence-electron chi connectivity index (χ4n) is 1.73. The van der Waals surface area contributed by atoms with Gasteiger partial charge in [-0.25, -0.2) is 0 Å². The zero-order valence-corrected chi connectivity index (χ0v) is 11.1. The fraction of sp³-hybridized carbons (Fsp3) is 0.231. The lowest BCUT2D eigenvalue weighted by Gasteiger charge is -2.09. The van der Waals surface area contributed by atoms with Crippen LogP contribution >= 0.6 is 0 Å². The first-order valence-corrected chi connectivity index (χ1v) is 6.02. The first-order valence-electron chi connectivity index (χ1n) is 6.02. The number of amides is 1.